The van der Waals surface area contributed by atoms with Gasteiger partial charge in [0.05, 0.1) is 0 Å². The van der Waals surface area contributed by atoms with Gasteiger partial charge in [-0.3, -0.25) is 4.79 Å². The molecule has 106 valence electrons. The minimum atomic E-state index is -0.273. The minimum absolute atomic E-state index is 0.132. The molecule has 0 heterocycles. The Labute approximate surface area is 118 Å². The number of hydrogen-bond donors (Lipinski definition) is 3. The monoisotopic (exact) mass is 273 g/mol. The Morgan fingerprint density at radius 3 is 2.50 bits per heavy atom. The SMILES string of the molecule is C=C/C(O)=C(O)\C=C\CCNC(=O)c1ccc(C)cc1. The van der Waals surface area contributed by atoms with Crippen LogP contribution in [-0.4, -0.2) is 22.7 Å². The van der Waals surface area contributed by atoms with Crippen LogP contribution in [0.25, 0.3) is 0 Å². The van der Waals surface area contributed by atoms with E-state index in [1.807, 2.05) is 19.1 Å². The highest BCUT2D eigenvalue weighted by Crippen LogP contribution is 2.03. The van der Waals surface area contributed by atoms with Crippen LogP contribution in [0.15, 0.2) is 60.6 Å². The van der Waals surface area contributed by atoms with Crippen molar-refractivity contribution in [2.45, 2.75) is 13.3 Å². The van der Waals surface area contributed by atoms with Crippen molar-refractivity contribution in [3.05, 3.63) is 71.7 Å². The predicted octanol–water partition coefficient (Wildman–Crippen LogP) is 3.18. The van der Waals surface area contributed by atoms with E-state index in [0.29, 0.717) is 18.5 Å². The second-order valence-corrected chi connectivity index (χ2v) is 4.29. The molecule has 1 aromatic rings. The number of aryl methyl sites for hydroxylation is 1. The molecule has 1 amide bonds. The second kappa shape index (κ2) is 7.84. The van der Waals surface area contributed by atoms with Crippen LogP contribution in [0.5, 0.6) is 0 Å². The molecule has 1 aromatic carbocycles. The summed E-state index contributed by atoms with van der Waals surface area (Å²) in [4.78, 5) is 11.8. The lowest BCUT2D eigenvalue weighted by Crippen LogP contribution is -2.23. The van der Waals surface area contributed by atoms with Gasteiger partial charge in [0.2, 0.25) is 0 Å². The number of rotatable bonds is 6. The van der Waals surface area contributed by atoms with Gasteiger partial charge in [0, 0.05) is 12.1 Å². The first kappa shape index (κ1) is 15.6. The van der Waals surface area contributed by atoms with E-state index in [-0.39, 0.29) is 17.4 Å². The maximum absolute atomic E-state index is 11.8. The van der Waals surface area contributed by atoms with E-state index in [0.717, 1.165) is 11.6 Å². The van der Waals surface area contributed by atoms with Crippen molar-refractivity contribution in [1.29, 1.82) is 0 Å². The molecule has 0 saturated carbocycles. The van der Waals surface area contributed by atoms with Crippen molar-refractivity contribution < 1.29 is 15.0 Å². The van der Waals surface area contributed by atoms with Crippen LogP contribution in [0, 0.1) is 6.92 Å². The molecule has 0 aromatic heterocycles. The lowest BCUT2D eigenvalue weighted by molar-refractivity contribution is 0.0954. The number of hydrogen-bond acceptors (Lipinski definition) is 3. The summed E-state index contributed by atoms with van der Waals surface area (Å²) in [6, 6.07) is 7.32. The fourth-order valence-corrected chi connectivity index (χ4v) is 1.46. The number of amides is 1. The van der Waals surface area contributed by atoms with Crippen LogP contribution in [-0.2, 0) is 0 Å². The zero-order valence-corrected chi connectivity index (χ0v) is 11.5. The first-order chi connectivity index (χ1) is 9.54. The number of nitrogens with one attached hydrogen (secondary N) is 1. The van der Waals surface area contributed by atoms with Crippen molar-refractivity contribution in [2.75, 3.05) is 6.54 Å². The molecule has 0 unspecified atom stereocenters. The van der Waals surface area contributed by atoms with Gasteiger partial charge in [-0.2, -0.15) is 0 Å². The third kappa shape index (κ3) is 5.02. The molecular weight excluding hydrogens is 254 g/mol. The van der Waals surface area contributed by atoms with E-state index in [1.54, 1.807) is 18.2 Å². The molecule has 0 aliphatic carbocycles. The van der Waals surface area contributed by atoms with Gasteiger partial charge < -0.3 is 15.5 Å². The van der Waals surface area contributed by atoms with Crippen LogP contribution in [0.4, 0.5) is 0 Å². The molecule has 3 N–H and O–H groups in total. The molecule has 20 heavy (non-hydrogen) atoms. The van der Waals surface area contributed by atoms with Gasteiger partial charge in [0.15, 0.2) is 11.5 Å². The van der Waals surface area contributed by atoms with Gasteiger partial charge in [0.25, 0.3) is 5.91 Å². The summed E-state index contributed by atoms with van der Waals surface area (Å²) in [5, 5.41) is 21.2. The van der Waals surface area contributed by atoms with Crippen LogP contribution in [0.3, 0.4) is 0 Å². The molecule has 4 nitrogen and oxygen atoms in total. The van der Waals surface area contributed by atoms with Crippen molar-refractivity contribution >= 4 is 5.91 Å². The lowest BCUT2D eigenvalue weighted by Gasteiger charge is -2.03. The van der Waals surface area contributed by atoms with E-state index in [2.05, 4.69) is 11.9 Å². The predicted molar refractivity (Wildman–Crippen MR) is 79.7 cm³/mol. The topological polar surface area (TPSA) is 69.6 Å². The Morgan fingerprint density at radius 1 is 1.25 bits per heavy atom. The third-order valence-corrected chi connectivity index (χ3v) is 2.64. The van der Waals surface area contributed by atoms with Crippen LogP contribution >= 0.6 is 0 Å². The summed E-state index contributed by atoms with van der Waals surface area (Å²) in [6.07, 6.45) is 4.73. The highest BCUT2D eigenvalue weighted by molar-refractivity contribution is 5.94. The number of carbonyl (C=O) groups excluding carboxylic acids is 1. The largest absolute Gasteiger partial charge is 0.504 e. The summed E-state index contributed by atoms with van der Waals surface area (Å²) < 4.78 is 0. The van der Waals surface area contributed by atoms with E-state index in [1.165, 1.54) is 6.08 Å². The van der Waals surface area contributed by atoms with Gasteiger partial charge in [0.1, 0.15) is 0 Å². The average molecular weight is 273 g/mol. The number of carbonyl (C=O) groups is 1. The van der Waals surface area contributed by atoms with Crippen LogP contribution in [0.2, 0.25) is 0 Å². The molecule has 4 heteroatoms. The quantitative estimate of drug-likeness (QED) is 0.423. The van der Waals surface area contributed by atoms with Gasteiger partial charge in [-0.15, -0.1) is 0 Å². The number of aliphatic hydroxyl groups is 2. The van der Waals surface area contributed by atoms with Gasteiger partial charge in [-0.25, -0.2) is 0 Å². The van der Waals surface area contributed by atoms with Crippen LogP contribution < -0.4 is 5.32 Å². The van der Waals surface area contributed by atoms with Gasteiger partial charge in [-0.05, 0) is 37.6 Å². The minimum Gasteiger partial charge on any atom is -0.504 e. The molecule has 0 radical (unpaired) electrons. The maximum Gasteiger partial charge on any atom is 0.251 e. The van der Waals surface area contributed by atoms with Gasteiger partial charge in [-0.1, -0.05) is 30.4 Å². The first-order valence-corrected chi connectivity index (χ1v) is 6.30. The molecule has 0 atom stereocenters. The lowest BCUT2D eigenvalue weighted by atomic mass is 10.1. The van der Waals surface area contributed by atoms with Crippen molar-refractivity contribution in [1.82, 2.24) is 5.32 Å². The third-order valence-electron chi connectivity index (χ3n) is 2.64. The molecule has 0 saturated heterocycles. The molecule has 1 rings (SSSR count). The number of allylic oxidation sites excluding steroid dienone is 2. The molecule has 0 spiro atoms. The number of aliphatic hydroxyl groups excluding tert-OH is 2. The van der Waals surface area contributed by atoms with E-state index in [4.69, 9.17) is 5.11 Å². The molecule has 0 aliphatic heterocycles. The summed E-state index contributed by atoms with van der Waals surface area (Å²) in [5.74, 6) is -0.651. The Balaban J connectivity index is 2.38. The zero-order chi connectivity index (χ0) is 15.0. The van der Waals surface area contributed by atoms with Crippen molar-refractivity contribution in [3.8, 4) is 0 Å². The van der Waals surface area contributed by atoms with E-state index >= 15 is 0 Å². The molecule has 0 fully saturated rings. The Kier molecular flexibility index (Phi) is 6.10. The Bertz CT molecular complexity index is 527. The summed E-state index contributed by atoms with van der Waals surface area (Å²) in [6.45, 7) is 5.74. The van der Waals surface area contributed by atoms with E-state index in [9.17, 15) is 9.90 Å². The first-order valence-electron chi connectivity index (χ1n) is 6.30. The van der Waals surface area contributed by atoms with Gasteiger partial charge >= 0.3 is 0 Å². The Hall–Kier alpha value is -2.49. The van der Waals surface area contributed by atoms with E-state index < -0.39 is 0 Å². The molecule has 0 bridgehead atoms. The summed E-state index contributed by atoms with van der Waals surface area (Å²) in [5.41, 5.74) is 1.72. The molecular formula is C16H19NO3. The zero-order valence-electron chi connectivity index (χ0n) is 11.5. The van der Waals surface area contributed by atoms with Crippen molar-refractivity contribution in [3.63, 3.8) is 0 Å². The standard InChI is InChI=1S/C16H19NO3/c1-3-14(18)15(19)6-4-5-11-17-16(20)13-9-7-12(2)8-10-13/h3-4,6-10,18-19H,1,5,11H2,2H3,(H,17,20)/b6-4+,15-14-. The highest BCUT2D eigenvalue weighted by atomic mass is 16.3. The second-order valence-electron chi connectivity index (χ2n) is 4.29. The normalized spacial score (nSPS) is 12.1. The Morgan fingerprint density at radius 2 is 1.90 bits per heavy atom. The number of benzene rings is 1. The maximum atomic E-state index is 11.8. The summed E-state index contributed by atoms with van der Waals surface area (Å²) >= 11 is 0. The fourth-order valence-electron chi connectivity index (χ4n) is 1.46. The smallest absolute Gasteiger partial charge is 0.251 e. The van der Waals surface area contributed by atoms with Crippen molar-refractivity contribution in [2.24, 2.45) is 0 Å². The highest BCUT2D eigenvalue weighted by Gasteiger charge is 2.02. The average Bonchev–Trinajstić information content (AvgIpc) is 2.46. The molecule has 0 aliphatic rings. The fraction of sp³-hybridized carbons (Fsp3) is 0.188. The van der Waals surface area contributed by atoms with Crippen LogP contribution in [0.1, 0.15) is 22.3 Å². The summed E-state index contributed by atoms with van der Waals surface area (Å²) in [7, 11) is 0.